The lowest BCUT2D eigenvalue weighted by Gasteiger charge is -2.36. The Morgan fingerprint density at radius 3 is 1.85 bits per heavy atom. The predicted molar refractivity (Wildman–Crippen MR) is 80.0 cm³/mol. The number of carbonyl (C=O) groups excluding carboxylic acids is 1. The SMILES string of the molecule is CC(C)N(C(=O)CN1CCN(S(C)(=O)=O)CC1)C(C)C. The van der Waals surface area contributed by atoms with E-state index in [1.165, 1.54) is 10.6 Å². The summed E-state index contributed by atoms with van der Waals surface area (Å²) in [6, 6.07) is 0.361. The maximum absolute atomic E-state index is 12.3. The highest BCUT2D eigenvalue weighted by molar-refractivity contribution is 7.88. The Morgan fingerprint density at radius 1 is 1.05 bits per heavy atom. The number of sulfonamides is 1. The zero-order valence-electron chi connectivity index (χ0n) is 13.2. The van der Waals surface area contributed by atoms with Crippen LogP contribution in [-0.2, 0) is 14.8 Å². The van der Waals surface area contributed by atoms with Crippen LogP contribution in [0, 0.1) is 0 Å². The van der Waals surface area contributed by atoms with Crippen LogP contribution in [-0.4, -0.2) is 79.5 Å². The summed E-state index contributed by atoms with van der Waals surface area (Å²) in [5.41, 5.74) is 0. The van der Waals surface area contributed by atoms with E-state index in [1.54, 1.807) is 0 Å². The molecule has 0 aromatic carbocycles. The van der Waals surface area contributed by atoms with E-state index in [4.69, 9.17) is 0 Å². The summed E-state index contributed by atoms with van der Waals surface area (Å²) in [5.74, 6) is 0.114. The molecule has 1 aliphatic heterocycles. The van der Waals surface area contributed by atoms with Gasteiger partial charge in [-0.2, -0.15) is 4.31 Å². The second kappa shape index (κ2) is 6.87. The van der Waals surface area contributed by atoms with Crippen molar-refractivity contribution in [2.75, 3.05) is 39.0 Å². The maximum atomic E-state index is 12.3. The number of hydrogen-bond donors (Lipinski definition) is 0. The minimum atomic E-state index is -3.11. The van der Waals surface area contributed by atoms with Gasteiger partial charge in [0.2, 0.25) is 15.9 Å². The van der Waals surface area contributed by atoms with Crippen molar-refractivity contribution in [3.63, 3.8) is 0 Å². The van der Waals surface area contributed by atoms with Crippen LogP contribution in [0.3, 0.4) is 0 Å². The van der Waals surface area contributed by atoms with Gasteiger partial charge >= 0.3 is 0 Å². The Morgan fingerprint density at radius 2 is 1.50 bits per heavy atom. The average Bonchev–Trinajstić information content (AvgIpc) is 2.26. The summed E-state index contributed by atoms with van der Waals surface area (Å²) in [6.45, 7) is 10.6. The van der Waals surface area contributed by atoms with Crippen molar-refractivity contribution in [3.8, 4) is 0 Å². The molecule has 1 fully saturated rings. The Bertz CT molecular complexity index is 418. The molecule has 0 aromatic heterocycles. The van der Waals surface area contributed by atoms with E-state index in [-0.39, 0.29) is 18.0 Å². The van der Waals surface area contributed by atoms with E-state index in [1.807, 2.05) is 37.5 Å². The first-order valence-electron chi connectivity index (χ1n) is 7.11. The number of hydrogen-bond acceptors (Lipinski definition) is 4. The predicted octanol–water partition coefficient (Wildman–Crippen LogP) is 0.209. The van der Waals surface area contributed by atoms with E-state index in [9.17, 15) is 13.2 Å². The van der Waals surface area contributed by atoms with Crippen molar-refractivity contribution in [1.29, 1.82) is 0 Å². The number of carbonyl (C=O) groups is 1. The highest BCUT2D eigenvalue weighted by atomic mass is 32.2. The molecule has 0 aliphatic carbocycles. The van der Waals surface area contributed by atoms with Gasteiger partial charge in [-0.05, 0) is 27.7 Å². The van der Waals surface area contributed by atoms with E-state index >= 15 is 0 Å². The standard InChI is InChI=1S/C13H27N3O3S/c1-11(2)16(12(3)4)13(17)10-14-6-8-15(9-7-14)20(5,18)19/h11-12H,6-10H2,1-5H3. The molecule has 0 saturated carbocycles. The molecule has 0 N–H and O–H groups in total. The molecule has 0 unspecified atom stereocenters. The molecule has 1 amide bonds. The number of piperazine rings is 1. The zero-order chi connectivity index (χ0) is 15.5. The molecule has 118 valence electrons. The smallest absolute Gasteiger partial charge is 0.237 e. The molecule has 0 bridgehead atoms. The lowest BCUT2D eigenvalue weighted by molar-refractivity contribution is -0.136. The third kappa shape index (κ3) is 4.71. The van der Waals surface area contributed by atoms with Crippen molar-refractivity contribution in [1.82, 2.24) is 14.1 Å². The van der Waals surface area contributed by atoms with Gasteiger partial charge in [-0.3, -0.25) is 9.69 Å². The molecule has 1 heterocycles. The van der Waals surface area contributed by atoms with Crippen LogP contribution in [0.2, 0.25) is 0 Å². The summed E-state index contributed by atoms with van der Waals surface area (Å²) in [4.78, 5) is 16.2. The van der Waals surface area contributed by atoms with Gasteiger partial charge in [0, 0.05) is 38.3 Å². The molecule has 6 nitrogen and oxygen atoms in total. The van der Waals surface area contributed by atoms with E-state index in [0.29, 0.717) is 32.7 Å². The summed E-state index contributed by atoms with van der Waals surface area (Å²) >= 11 is 0. The fourth-order valence-electron chi connectivity index (χ4n) is 2.66. The van der Waals surface area contributed by atoms with Gasteiger partial charge in [0.1, 0.15) is 0 Å². The Hall–Kier alpha value is -0.660. The third-order valence-corrected chi connectivity index (χ3v) is 4.86. The Labute approximate surface area is 122 Å². The van der Waals surface area contributed by atoms with Gasteiger partial charge in [0.25, 0.3) is 0 Å². The van der Waals surface area contributed by atoms with Gasteiger partial charge < -0.3 is 4.90 Å². The van der Waals surface area contributed by atoms with Crippen molar-refractivity contribution in [2.45, 2.75) is 39.8 Å². The molecule has 1 rings (SSSR count). The molecule has 1 saturated heterocycles. The fourth-order valence-corrected chi connectivity index (χ4v) is 3.49. The first kappa shape index (κ1) is 17.4. The highest BCUT2D eigenvalue weighted by Gasteiger charge is 2.27. The molecule has 1 aliphatic rings. The molecule has 0 atom stereocenters. The third-order valence-electron chi connectivity index (χ3n) is 3.56. The number of amides is 1. The minimum absolute atomic E-state index is 0.114. The second-order valence-corrected chi connectivity index (χ2v) is 7.91. The van der Waals surface area contributed by atoms with Crippen LogP contribution >= 0.6 is 0 Å². The average molecular weight is 305 g/mol. The van der Waals surface area contributed by atoms with Gasteiger partial charge in [-0.1, -0.05) is 0 Å². The molecule has 0 aromatic rings. The van der Waals surface area contributed by atoms with E-state index in [2.05, 4.69) is 0 Å². The van der Waals surface area contributed by atoms with Crippen molar-refractivity contribution in [2.24, 2.45) is 0 Å². The van der Waals surface area contributed by atoms with Gasteiger partial charge in [0.15, 0.2) is 0 Å². The van der Waals surface area contributed by atoms with Crippen LogP contribution in [0.5, 0.6) is 0 Å². The van der Waals surface area contributed by atoms with Crippen LogP contribution in [0.4, 0.5) is 0 Å². The van der Waals surface area contributed by atoms with Gasteiger partial charge in [-0.25, -0.2) is 8.42 Å². The summed E-state index contributed by atoms with van der Waals surface area (Å²) in [5, 5.41) is 0. The quantitative estimate of drug-likeness (QED) is 0.728. The Balaban J connectivity index is 2.53. The van der Waals surface area contributed by atoms with Gasteiger partial charge in [-0.15, -0.1) is 0 Å². The topological polar surface area (TPSA) is 60.9 Å². The molecule has 7 heteroatoms. The normalized spacial score (nSPS) is 18.8. The zero-order valence-corrected chi connectivity index (χ0v) is 14.0. The number of rotatable bonds is 5. The molecular weight excluding hydrogens is 278 g/mol. The maximum Gasteiger partial charge on any atom is 0.237 e. The first-order valence-corrected chi connectivity index (χ1v) is 8.96. The van der Waals surface area contributed by atoms with Crippen molar-refractivity contribution >= 4 is 15.9 Å². The Kier molecular flexibility index (Phi) is 5.97. The monoisotopic (exact) mass is 305 g/mol. The summed E-state index contributed by atoms with van der Waals surface area (Å²) < 4.78 is 24.3. The van der Waals surface area contributed by atoms with E-state index in [0.717, 1.165) is 0 Å². The van der Waals surface area contributed by atoms with Crippen LogP contribution in [0.15, 0.2) is 0 Å². The lowest BCUT2D eigenvalue weighted by Crippen LogP contribution is -2.53. The van der Waals surface area contributed by atoms with Crippen LogP contribution in [0.25, 0.3) is 0 Å². The highest BCUT2D eigenvalue weighted by Crippen LogP contribution is 2.09. The molecule has 20 heavy (non-hydrogen) atoms. The molecule has 0 radical (unpaired) electrons. The summed E-state index contributed by atoms with van der Waals surface area (Å²) in [7, 11) is -3.11. The number of nitrogens with zero attached hydrogens (tertiary/aromatic N) is 3. The minimum Gasteiger partial charge on any atom is -0.337 e. The fraction of sp³-hybridized carbons (Fsp3) is 0.923. The first-order chi connectivity index (χ1) is 9.12. The van der Waals surface area contributed by atoms with Gasteiger partial charge in [0.05, 0.1) is 12.8 Å². The van der Waals surface area contributed by atoms with E-state index < -0.39 is 10.0 Å². The van der Waals surface area contributed by atoms with Crippen LogP contribution < -0.4 is 0 Å². The van der Waals surface area contributed by atoms with Crippen molar-refractivity contribution < 1.29 is 13.2 Å². The largest absolute Gasteiger partial charge is 0.337 e. The molecule has 0 spiro atoms. The summed E-state index contributed by atoms with van der Waals surface area (Å²) in [6.07, 6.45) is 1.23. The molecular formula is C13H27N3O3S. The lowest BCUT2D eigenvalue weighted by atomic mass is 10.2. The second-order valence-electron chi connectivity index (χ2n) is 5.93. The van der Waals surface area contributed by atoms with Crippen LogP contribution in [0.1, 0.15) is 27.7 Å². The van der Waals surface area contributed by atoms with Crippen molar-refractivity contribution in [3.05, 3.63) is 0 Å².